The van der Waals surface area contributed by atoms with Crippen LogP contribution in [0.2, 0.25) is 0 Å². The number of hydrogen-bond donors (Lipinski definition) is 0. The molecule has 0 aromatic heterocycles. The Labute approximate surface area is 131 Å². The number of fused-ring (bicyclic) bond motifs is 1. The van der Waals surface area contributed by atoms with Crippen LogP contribution in [0.5, 0.6) is 0 Å². The van der Waals surface area contributed by atoms with Crippen LogP contribution < -0.4 is 0 Å². The molecule has 0 saturated carbocycles. The minimum atomic E-state index is -1.77. The second-order valence-electron chi connectivity index (χ2n) is 6.80. The van der Waals surface area contributed by atoms with Crippen molar-refractivity contribution in [2.24, 2.45) is 5.92 Å². The predicted molar refractivity (Wildman–Crippen MR) is 76.6 cm³/mol. The van der Waals surface area contributed by atoms with E-state index in [1.54, 1.807) is 0 Å². The van der Waals surface area contributed by atoms with Crippen molar-refractivity contribution >= 4 is 8.03 Å². The van der Waals surface area contributed by atoms with E-state index in [4.69, 9.17) is 28.2 Å². The molecule has 0 radical (unpaired) electrons. The molecule has 3 saturated heterocycles. The maximum Gasteiger partial charge on any atom is 0.508 e. The lowest BCUT2D eigenvalue weighted by Gasteiger charge is -2.27. The molecule has 0 bridgehead atoms. The van der Waals surface area contributed by atoms with E-state index in [0.29, 0.717) is 12.8 Å². The SMILES string of the molecule is CO[P+](=O)C[C@H]1[C@H]2OC(C)(C)O[C@H]2O[C@@H]1[C@H]1COC(C)(C)O1. The smallest absolute Gasteiger partial charge is 0.348 e. The van der Waals surface area contributed by atoms with E-state index in [9.17, 15) is 4.57 Å². The third kappa shape index (κ3) is 3.22. The average Bonchev–Trinajstić information content (AvgIpc) is 3.01. The summed E-state index contributed by atoms with van der Waals surface area (Å²) in [6, 6.07) is 0. The summed E-state index contributed by atoms with van der Waals surface area (Å²) in [7, 11) is -0.331. The van der Waals surface area contributed by atoms with Crippen molar-refractivity contribution in [3.05, 3.63) is 0 Å². The van der Waals surface area contributed by atoms with Gasteiger partial charge in [0.25, 0.3) is 0 Å². The van der Waals surface area contributed by atoms with E-state index in [1.807, 2.05) is 27.7 Å². The van der Waals surface area contributed by atoms with Gasteiger partial charge in [-0.2, -0.15) is 0 Å². The maximum absolute atomic E-state index is 11.9. The summed E-state index contributed by atoms with van der Waals surface area (Å²) in [5, 5.41) is 0. The van der Waals surface area contributed by atoms with Gasteiger partial charge in [-0.15, -0.1) is 4.52 Å². The molecular formula is C14H24O7P+. The first-order chi connectivity index (χ1) is 10.2. The molecule has 3 heterocycles. The van der Waals surface area contributed by atoms with Gasteiger partial charge >= 0.3 is 8.03 Å². The van der Waals surface area contributed by atoms with Crippen LogP contribution in [0.25, 0.3) is 0 Å². The van der Waals surface area contributed by atoms with Gasteiger partial charge in [-0.25, -0.2) is 0 Å². The summed E-state index contributed by atoms with van der Waals surface area (Å²) in [5.74, 6) is -1.47. The molecule has 22 heavy (non-hydrogen) atoms. The van der Waals surface area contributed by atoms with Gasteiger partial charge in [-0.3, -0.25) is 0 Å². The van der Waals surface area contributed by atoms with Crippen LogP contribution >= 0.6 is 8.03 Å². The van der Waals surface area contributed by atoms with Gasteiger partial charge in [-0.05, 0) is 32.3 Å². The summed E-state index contributed by atoms with van der Waals surface area (Å²) < 4.78 is 46.1. The van der Waals surface area contributed by atoms with E-state index in [0.717, 1.165) is 0 Å². The molecule has 8 heteroatoms. The van der Waals surface area contributed by atoms with Crippen LogP contribution in [0, 0.1) is 5.92 Å². The summed E-state index contributed by atoms with van der Waals surface area (Å²) in [5.41, 5.74) is 0. The zero-order valence-electron chi connectivity index (χ0n) is 13.6. The Kier molecular flexibility index (Phi) is 4.36. The van der Waals surface area contributed by atoms with E-state index in [2.05, 4.69) is 0 Å². The van der Waals surface area contributed by atoms with Crippen LogP contribution in [0.1, 0.15) is 27.7 Å². The van der Waals surface area contributed by atoms with Gasteiger partial charge in [-0.1, -0.05) is 0 Å². The highest BCUT2D eigenvalue weighted by molar-refractivity contribution is 7.39. The molecule has 3 fully saturated rings. The number of ether oxygens (including phenoxy) is 5. The molecule has 7 nitrogen and oxygen atoms in total. The molecule has 3 aliphatic rings. The molecule has 6 atom stereocenters. The van der Waals surface area contributed by atoms with Gasteiger partial charge in [0.2, 0.25) is 0 Å². The molecular weight excluding hydrogens is 311 g/mol. The first kappa shape index (κ1) is 16.7. The van der Waals surface area contributed by atoms with Crippen LogP contribution in [0.3, 0.4) is 0 Å². The van der Waals surface area contributed by atoms with Crippen LogP contribution in [0.15, 0.2) is 0 Å². The van der Waals surface area contributed by atoms with Crippen molar-refractivity contribution in [1.82, 2.24) is 0 Å². The molecule has 3 rings (SSSR count). The van der Waals surface area contributed by atoms with Gasteiger partial charge < -0.3 is 23.7 Å². The minimum absolute atomic E-state index is 0.127. The highest BCUT2D eigenvalue weighted by Crippen LogP contribution is 2.46. The number of hydrogen-bond acceptors (Lipinski definition) is 7. The fourth-order valence-electron chi connectivity index (χ4n) is 3.29. The fourth-order valence-corrected chi connectivity index (χ4v) is 4.20. The van der Waals surface area contributed by atoms with Crippen molar-refractivity contribution in [2.45, 2.75) is 63.9 Å². The molecule has 0 N–H and O–H groups in total. The lowest BCUT2D eigenvalue weighted by atomic mass is 9.97. The van der Waals surface area contributed by atoms with Gasteiger partial charge in [0.15, 0.2) is 24.0 Å². The summed E-state index contributed by atoms with van der Waals surface area (Å²) in [6.07, 6.45) is -0.931. The highest BCUT2D eigenvalue weighted by atomic mass is 31.1. The number of rotatable bonds is 4. The Hall–Kier alpha value is -0.140. The summed E-state index contributed by atoms with van der Waals surface area (Å²) in [4.78, 5) is 0. The Morgan fingerprint density at radius 1 is 1.09 bits per heavy atom. The molecule has 126 valence electrons. The molecule has 0 amide bonds. The largest absolute Gasteiger partial charge is 0.508 e. The van der Waals surface area contributed by atoms with E-state index in [1.165, 1.54) is 7.11 Å². The van der Waals surface area contributed by atoms with Gasteiger partial charge in [0.05, 0.1) is 25.7 Å². The Morgan fingerprint density at radius 2 is 1.82 bits per heavy atom. The van der Waals surface area contributed by atoms with Crippen molar-refractivity contribution in [3.63, 3.8) is 0 Å². The summed E-state index contributed by atoms with van der Waals surface area (Å²) in [6.45, 7) is 7.85. The van der Waals surface area contributed by atoms with Crippen LogP contribution in [-0.2, 0) is 32.8 Å². The topological polar surface area (TPSA) is 72.5 Å². The monoisotopic (exact) mass is 335 g/mol. The standard InChI is InChI=1S/C14H24O7P/c1-13(2)17-6-9(19-13)10-8(7-22(15)16-5)11-12(18-10)21-14(3,4)20-11/h8-12H,6-7H2,1-5H3/q+1/t8-,9-,10+,11-,12-/m1/s1. The Morgan fingerprint density at radius 3 is 2.41 bits per heavy atom. The third-order valence-corrected chi connectivity index (χ3v) is 5.31. The second kappa shape index (κ2) is 5.74. The van der Waals surface area contributed by atoms with E-state index in [-0.39, 0.29) is 24.2 Å². The normalized spacial score (nSPS) is 43.3. The summed E-state index contributed by atoms with van der Waals surface area (Å²) >= 11 is 0. The van der Waals surface area contributed by atoms with Crippen LogP contribution in [-0.4, -0.2) is 56.1 Å². The molecule has 0 aromatic carbocycles. The molecule has 1 unspecified atom stereocenters. The van der Waals surface area contributed by atoms with E-state index >= 15 is 0 Å². The lowest BCUT2D eigenvalue weighted by Crippen LogP contribution is -2.40. The molecule has 0 aliphatic carbocycles. The first-order valence-corrected chi connectivity index (χ1v) is 8.89. The zero-order chi connectivity index (χ0) is 16.1. The van der Waals surface area contributed by atoms with Crippen LogP contribution in [0.4, 0.5) is 0 Å². The van der Waals surface area contributed by atoms with Gasteiger partial charge in [0, 0.05) is 0 Å². The Bertz CT molecular complexity index is 452. The quantitative estimate of drug-likeness (QED) is 0.728. The molecule has 3 aliphatic heterocycles. The zero-order valence-corrected chi connectivity index (χ0v) is 14.5. The Balaban J connectivity index is 1.76. The predicted octanol–water partition coefficient (Wildman–Crippen LogP) is 2.02. The average molecular weight is 335 g/mol. The lowest BCUT2D eigenvalue weighted by molar-refractivity contribution is -0.226. The van der Waals surface area contributed by atoms with Crippen molar-refractivity contribution < 1.29 is 32.8 Å². The van der Waals surface area contributed by atoms with Crippen molar-refractivity contribution in [2.75, 3.05) is 19.9 Å². The van der Waals surface area contributed by atoms with Crippen molar-refractivity contribution in [3.8, 4) is 0 Å². The van der Waals surface area contributed by atoms with E-state index < -0.39 is 25.9 Å². The first-order valence-electron chi connectivity index (χ1n) is 7.52. The van der Waals surface area contributed by atoms with Gasteiger partial charge in [0.1, 0.15) is 12.2 Å². The second-order valence-corrected chi connectivity index (χ2v) is 8.19. The molecule has 0 spiro atoms. The highest BCUT2D eigenvalue weighted by Gasteiger charge is 2.60. The fraction of sp³-hybridized carbons (Fsp3) is 1.00. The third-order valence-electron chi connectivity index (χ3n) is 4.18. The minimum Gasteiger partial charge on any atom is -0.348 e. The maximum atomic E-state index is 11.9. The van der Waals surface area contributed by atoms with Crippen molar-refractivity contribution in [1.29, 1.82) is 0 Å². The molecule has 0 aromatic rings.